The molecule has 3 nitrogen and oxygen atoms in total. The summed E-state index contributed by atoms with van der Waals surface area (Å²) >= 11 is 1.63. The summed E-state index contributed by atoms with van der Waals surface area (Å²) in [5.74, 6) is 0.178. The molecule has 1 amide bonds. The van der Waals surface area contributed by atoms with Gasteiger partial charge < -0.3 is 9.47 Å². The number of aryl methyl sites for hydroxylation is 2. The van der Waals surface area contributed by atoms with E-state index in [1.165, 1.54) is 16.1 Å². The van der Waals surface area contributed by atoms with Crippen molar-refractivity contribution < 1.29 is 4.79 Å². The number of aromatic nitrogens is 1. The summed E-state index contributed by atoms with van der Waals surface area (Å²) in [6, 6.07) is 6.40. The fourth-order valence-corrected chi connectivity index (χ4v) is 4.04. The predicted molar refractivity (Wildman–Crippen MR) is 82.3 cm³/mol. The lowest BCUT2D eigenvalue weighted by Crippen LogP contribution is -2.40. The number of hydrogen-bond donors (Lipinski definition) is 0. The zero-order valence-corrected chi connectivity index (χ0v) is 13.0. The quantitative estimate of drug-likeness (QED) is 0.828. The maximum atomic E-state index is 12.8. The largest absolute Gasteiger partial charge is 0.348 e. The Hall–Kier alpha value is -1.55. The summed E-state index contributed by atoms with van der Waals surface area (Å²) in [5.41, 5.74) is 2.53. The van der Waals surface area contributed by atoms with Crippen LogP contribution in [0.3, 0.4) is 0 Å². The summed E-state index contributed by atoms with van der Waals surface area (Å²) in [4.78, 5) is 16.9. The third kappa shape index (κ3) is 2.08. The lowest BCUT2D eigenvalue weighted by atomic mass is 10.1. The number of thiophene rings is 1. The third-order valence-corrected chi connectivity index (χ3v) is 5.30. The first kappa shape index (κ1) is 13.4. The number of carbonyl (C=O) groups excluding carboxylic acids is 1. The van der Waals surface area contributed by atoms with Crippen LogP contribution in [0.2, 0.25) is 0 Å². The maximum absolute atomic E-state index is 12.8. The predicted octanol–water partition coefficient (Wildman–Crippen LogP) is 3.64. The van der Waals surface area contributed by atoms with Gasteiger partial charge in [-0.25, -0.2) is 0 Å². The fourth-order valence-electron chi connectivity index (χ4n) is 2.97. The van der Waals surface area contributed by atoms with Gasteiger partial charge in [0.05, 0.1) is 10.9 Å². The van der Waals surface area contributed by atoms with Crippen molar-refractivity contribution in [3.63, 3.8) is 0 Å². The van der Waals surface area contributed by atoms with Gasteiger partial charge >= 0.3 is 0 Å². The second kappa shape index (κ2) is 5.09. The van der Waals surface area contributed by atoms with Crippen LogP contribution in [0, 0.1) is 6.92 Å². The first-order valence-corrected chi connectivity index (χ1v) is 7.98. The Labute approximate surface area is 123 Å². The molecule has 1 aliphatic heterocycles. The van der Waals surface area contributed by atoms with Crippen molar-refractivity contribution in [2.75, 3.05) is 6.54 Å². The molecule has 106 valence electrons. The zero-order chi connectivity index (χ0) is 14.3. The molecule has 0 spiro atoms. The van der Waals surface area contributed by atoms with Crippen LogP contribution in [0.4, 0.5) is 0 Å². The molecule has 1 atom stereocenters. The summed E-state index contributed by atoms with van der Waals surface area (Å²) in [6.07, 6.45) is 3.09. The highest BCUT2D eigenvalue weighted by atomic mass is 32.1. The van der Waals surface area contributed by atoms with Gasteiger partial charge in [0, 0.05) is 29.9 Å². The van der Waals surface area contributed by atoms with Crippen LogP contribution < -0.4 is 0 Å². The Balaban J connectivity index is 1.88. The normalized spacial score (nSPS) is 18.1. The highest BCUT2D eigenvalue weighted by molar-refractivity contribution is 7.14. The molecule has 0 radical (unpaired) electrons. The minimum absolute atomic E-state index is 0.152. The zero-order valence-electron chi connectivity index (χ0n) is 12.2. The SMILES string of the molecule is CCc1cc(C(=O)N2CCn3cccc3[C@H]2C)sc1C. The molecule has 0 aromatic carbocycles. The van der Waals surface area contributed by atoms with Gasteiger partial charge in [0.25, 0.3) is 5.91 Å². The Bertz CT molecular complexity index is 641. The Morgan fingerprint density at radius 2 is 2.25 bits per heavy atom. The molecule has 20 heavy (non-hydrogen) atoms. The van der Waals surface area contributed by atoms with E-state index >= 15 is 0 Å². The second-order valence-electron chi connectivity index (χ2n) is 5.35. The molecule has 0 bridgehead atoms. The lowest BCUT2D eigenvalue weighted by Gasteiger charge is -2.34. The first-order chi connectivity index (χ1) is 9.61. The average Bonchev–Trinajstić information content (AvgIpc) is 3.05. The van der Waals surface area contributed by atoms with Crippen molar-refractivity contribution in [2.45, 2.75) is 39.8 Å². The van der Waals surface area contributed by atoms with E-state index in [4.69, 9.17) is 0 Å². The minimum Gasteiger partial charge on any atom is -0.348 e. The van der Waals surface area contributed by atoms with Gasteiger partial charge in [0.2, 0.25) is 0 Å². The smallest absolute Gasteiger partial charge is 0.264 e. The summed E-state index contributed by atoms with van der Waals surface area (Å²) in [6.45, 7) is 8.04. The van der Waals surface area contributed by atoms with Crippen LogP contribution in [-0.2, 0) is 13.0 Å². The topological polar surface area (TPSA) is 25.2 Å². The molecule has 0 saturated heterocycles. The molecule has 0 N–H and O–H groups in total. The molecular weight excluding hydrogens is 268 g/mol. The maximum Gasteiger partial charge on any atom is 0.264 e. The molecule has 1 aliphatic rings. The Morgan fingerprint density at radius 3 is 2.95 bits per heavy atom. The molecule has 2 aromatic heterocycles. The van der Waals surface area contributed by atoms with Gasteiger partial charge in [-0.2, -0.15) is 0 Å². The standard InChI is InChI=1S/C16H20N2OS/c1-4-13-10-15(20-12(13)3)16(19)18-9-8-17-7-5-6-14(17)11(18)2/h5-7,10-11H,4,8-9H2,1-3H3/t11-/m1/s1. The average molecular weight is 288 g/mol. The highest BCUT2D eigenvalue weighted by Crippen LogP contribution is 2.30. The highest BCUT2D eigenvalue weighted by Gasteiger charge is 2.29. The van der Waals surface area contributed by atoms with Gasteiger partial charge in [-0.15, -0.1) is 11.3 Å². The number of nitrogens with zero attached hydrogens (tertiary/aromatic N) is 2. The van der Waals surface area contributed by atoms with Crippen LogP contribution in [0.5, 0.6) is 0 Å². The van der Waals surface area contributed by atoms with Crippen LogP contribution in [0.25, 0.3) is 0 Å². The lowest BCUT2D eigenvalue weighted by molar-refractivity contribution is 0.0649. The van der Waals surface area contributed by atoms with Crippen molar-refractivity contribution in [2.24, 2.45) is 0 Å². The van der Waals surface area contributed by atoms with Gasteiger partial charge in [-0.1, -0.05) is 6.92 Å². The van der Waals surface area contributed by atoms with E-state index in [2.05, 4.69) is 49.7 Å². The van der Waals surface area contributed by atoms with Crippen LogP contribution in [0.1, 0.15) is 45.7 Å². The van der Waals surface area contributed by atoms with E-state index in [9.17, 15) is 4.79 Å². The van der Waals surface area contributed by atoms with Crippen LogP contribution in [0.15, 0.2) is 24.4 Å². The van der Waals surface area contributed by atoms with Crippen LogP contribution in [-0.4, -0.2) is 21.9 Å². The molecule has 3 rings (SSSR count). The van der Waals surface area contributed by atoms with Crippen LogP contribution >= 0.6 is 11.3 Å². The van der Waals surface area contributed by atoms with E-state index in [-0.39, 0.29) is 11.9 Å². The first-order valence-electron chi connectivity index (χ1n) is 7.17. The number of hydrogen-bond acceptors (Lipinski definition) is 2. The van der Waals surface area contributed by atoms with E-state index < -0.39 is 0 Å². The molecular formula is C16H20N2OS. The van der Waals surface area contributed by atoms with Crippen molar-refractivity contribution >= 4 is 17.2 Å². The number of rotatable bonds is 2. The summed E-state index contributed by atoms with van der Waals surface area (Å²) < 4.78 is 2.24. The number of fused-ring (bicyclic) bond motifs is 1. The molecule has 2 aromatic rings. The van der Waals surface area contributed by atoms with E-state index in [0.29, 0.717) is 0 Å². The van der Waals surface area contributed by atoms with Gasteiger partial charge in [-0.3, -0.25) is 4.79 Å². The third-order valence-electron chi connectivity index (χ3n) is 4.22. The Morgan fingerprint density at radius 1 is 1.45 bits per heavy atom. The molecule has 0 aliphatic carbocycles. The Kier molecular flexibility index (Phi) is 3.42. The molecule has 4 heteroatoms. The molecule has 0 fully saturated rings. The van der Waals surface area contributed by atoms with E-state index in [0.717, 1.165) is 24.4 Å². The summed E-state index contributed by atoms with van der Waals surface area (Å²) in [5, 5.41) is 0. The van der Waals surface area contributed by atoms with E-state index in [1.807, 2.05) is 4.90 Å². The van der Waals surface area contributed by atoms with Gasteiger partial charge in [0.15, 0.2) is 0 Å². The number of amides is 1. The van der Waals surface area contributed by atoms with Gasteiger partial charge in [0.1, 0.15) is 0 Å². The van der Waals surface area contributed by atoms with Crippen molar-refractivity contribution in [3.05, 3.63) is 45.4 Å². The monoisotopic (exact) mass is 288 g/mol. The van der Waals surface area contributed by atoms with E-state index in [1.54, 1.807) is 11.3 Å². The molecule has 3 heterocycles. The molecule has 0 saturated carbocycles. The second-order valence-corrected chi connectivity index (χ2v) is 6.60. The molecule has 0 unspecified atom stereocenters. The fraction of sp³-hybridized carbons (Fsp3) is 0.438. The van der Waals surface area contributed by atoms with Crippen molar-refractivity contribution in [3.8, 4) is 0 Å². The van der Waals surface area contributed by atoms with Crippen molar-refractivity contribution in [1.29, 1.82) is 0 Å². The van der Waals surface area contributed by atoms with Crippen molar-refractivity contribution in [1.82, 2.24) is 9.47 Å². The van der Waals surface area contributed by atoms with Gasteiger partial charge in [-0.05, 0) is 44.0 Å². The minimum atomic E-state index is 0.152. The number of carbonyl (C=O) groups is 1. The summed E-state index contributed by atoms with van der Waals surface area (Å²) in [7, 11) is 0.